The van der Waals surface area contributed by atoms with E-state index in [-0.39, 0.29) is 0 Å². The third-order valence-corrected chi connectivity index (χ3v) is 4.04. The van der Waals surface area contributed by atoms with Gasteiger partial charge >= 0.3 is 0 Å². The van der Waals surface area contributed by atoms with Crippen molar-refractivity contribution in [1.82, 2.24) is 4.90 Å². The lowest BCUT2D eigenvalue weighted by Gasteiger charge is -2.24. The first-order valence-corrected chi connectivity index (χ1v) is 7.84. The van der Waals surface area contributed by atoms with Crippen LogP contribution in [0.1, 0.15) is 37.7 Å². The molecule has 1 unspecified atom stereocenters. The SMILES string of the molecule is Cc1cccc(OCCCN2CCCC2CCCO)c1. The van der Waals surface area contributed by atoms with Gasteiger partial charge in [-0.25, -0.2) is 0 Å². The molecule has 112 valence electrons. The van der Waals surface area contributed by atoms with Gasteiger partial charge in [-0.3, -0.25) is 0 Å². The molecule has 1 saturated heterocycles. The van der Waals surface area contributed by atoms with Crippen LogP contribution in [0.15, 0.2) is 24.3 Å². The normalized spacial score (nSPS) is 19.4. The van der Waals surface area contributed by atoms with Crippen molar-refractivity contribution in [2.45, 2.75) is 45.1 Å². The zero-order valence-corrected chi connectivity index (χ0v) is 12.6. The number of rotatable bonds is 8. The van der Waals surface area contributed by atoms with Gasteiger partial charge in [-0.05, 0) is 63.3 Å². The molecule has 0 radical (unpaired) electrons. The molecule has 0 saturated carbocycles. The quantitative estimate of drug-likeness (QED) is 0.741. The van der Waals surface area contributed by atoms with Crippen LogP contribution in [0, 0.1) is 6.92 Å². The fraction of sp³-hybridized carbons (Fsp3) is 0.647. The molecule has 20 heavy (non-hydrogen) atoms. The van der Waals surface area contributed by atoms with E-state index >= 15 is 0 Å². The topological polar surface area (TPSA) is 32.7 Å². The maximum absolute atomic E-state index is 8.94. The Kier molecular flexibility index (Phi) is 6.34. The first-order valence-electron chi connectivity index (χ1n) is 7.84. The summed E-state index contributed by atoms with van der Waals surface area (Å²) in [5.74, 6) is 0.975. The number of ether oxygens (including phenoxy) is 1. The van der Waals surface area contributed by atoms with Crippen molar-refractivity contribution in [3.63, 3.8) is 0 Å². The summed E-state index contributed by atoms with van der Waals surface area (Å²) in [6, 6.07) is 8.91. The van der Waals surface area contributed by atoms with E-state index in [0.717, 1.165) is 38.2 Å². The highest BCUT2D eigenvalue weighted by atomic mass is 16.5. The first kappa shape index (κ1) is 15.3. The Morgan fingerprint density at radius 1 is 1.35 bits per heavy atom. The van der Waals surface area contributed by atoms with Gasteiger partial charge in [0.15, 0.2) is 0 Å². The van der Waals surface area contributed by atoms with E-state index < -0.39 is 0 Å². The van der Waals surface area contributed by atoms with Gasteiger partial charge in [0.1, 0.15) is 5.75 Å². The van der Waals surface area contributed by atoms with Gasteiger partial charge in [-0.1, -0.05) is 12.1 Å². The number of aliphatic hydroxyl groups is 1. The van der Waals surface area contributed by atoms with Crippen molar-refractivity contribution in [3.8, 4) is 5.75 Å². The molecule has 1 N–H and O–H groups in total. The summed E-state index contributed by atoms with van der Waals surface area (Å²) >= 11 is 0. The van der Waals surface area contributed by atoms with E-state index in [9.17, 15) is 0 Å². The number of nitrogens with zero attached hydrogens (tertiary/aromatic N) is 1. The highest BCUT2D eigenvalue weighted by molar-refractivity contribution is 5.27. The molecule has 0 spiro atoms. The fourth-order valence-corrected chi connectivity index (χ4v) is 3.01. The van der Waals surface area contributed by atoms with Crippen LogP contribution in [-0.4, -0.2) is 42.4 Å². The van der Waals surface area contributed by atoms with Gasteiger partial charge in [0.25, 0.3) is 0 Å². The van der Waals surface area contributed by atoms with E-state index in [4.69, 9.17) is 9.84 Å². The van der Waals surface area contributed by atoms with E-state index in [1.807, 2.05) is 12.1 Å². The predicted octanol–water partition coefficient (Wildman–Crippen LogP) is 3.00. The molecule has 0 aromatic heterocycles. The minimum Gasteiger partial charge on any atom is -0.494 e. The first-order chi connectivity index (χ1) is 9.79. The molecule has 3 heteroatoms. The van der Waals surface area contributed by atoms with E-state index in [1.54, 1.807) is 0 Å². The van der Waals surface area contributed by atoms with Crippen LogP contribution in [0.5, 0.6) is 5.75 Å². The molecule has 0 aliphatic carbocycles. The predicted molar refractivity (Wildman–Crippen MR) is 82.2 cm³/mol. The largest absolute Gasteiger partial charge is 0.494 e. The van der Waals surface area contributed by atoms with Crippen LogP contribution in [0.3, 0.4) is 0 Å². The summed E-state index contributed by atoms with van der Waals surface area (Å²) in [5, 5.41) is 8.94. The zero-order chi connectivity index (χ0) is 14.2. The number of hydrogen-bond acceptors (Lipinski definition) is 3. The van der Waals surface area contributed by atoms with Crippen molar-refractivity contribution < 1.29 is 9.84 Å². The molecule has 1 atom stereocenters. The lowest BCUT2D eigenvalue weighted by atomic mass is 10.1. The standard InChI is InChI=1S/C17H27NO2/c1-15-6-2-9-17(14-15)20-13-5-11-18-10-3-7-16(18)8-4-12-19/h2,6,9,14,16,19H,3-5,7-8,10-13H2,1H3. The van der Waals surface area contributed by atoms with E-state index in [0.29, 0.717) is 12.6 Å². The summed E-state index contributed by atoms with van der Waals surface area (Å²) in [4.78, 5) is 2.56. The Balaban J connectivity index is 1.65. The third-order valence-electron chi connectivity index (χ3n) is 4.04. The number of aliphatic hydroxyl groups excluding tert-OH is 1. The molecule has 1 aromatic rings. The van der Waals surface area contributed by atoms with Crippen molar-refractivity contribution >= 4 is 0 Å². The smallest absolute Gasteiger partial charge is 0.119 e. The Morgan fingerprint density at radius 3 is 3.05 bits per heavy atom. The monoisotopic (exact) mass is 277 g/mol. The highest BCUT2D eigenvalue weighted by Gasteiger charge is 2.23. The maximum Gasteiger partial charge on any atom is 0.119 e. The van der Waals surface area contributed by atoms with Gasteiger partial charge in [-0.2, -0.15) is 0 Å². The van der Waals surface area contributed by atoms with Gasteiger partial charge < -0.3 is 14.7 Å². The molecule has 1 aliphatic heterocycles. The maximum atomic E-state index is 8.94. The molecule has 1 aliphatic rings. The molecule has 0 amide bonds. The van der Waals surface area contributed by atoms with Crippen molar-refractivity contribution in [2.24, 2.45) is 0 Å². The highest BCUT2D eigenvalue weighted by Crippen LogP contribution is 2.21. The summed E-state index contributed by atoms with van der Waals surface area (Å²) in [5.41, 5.74) is 1.24. The summed E-state index contributed by atoms with van der Waals surface area (Å²) in [6.07, 6.45) is 5.73. The average Bonchev–Trinajstić information content (AvgIpc) is 2.89. The minimum absolute atomic E-state index is 0.320. The van der Waals surface area contributed by atoms with Crippen molar-refractivity contribution in [3.05, 3.63) is 29.8 Å². The number of hydrogen-bond donors (Lipinski definition) is 1. The third kappa shape index (κ3) is 4.80. The lowest BCUT2D eigenvalue weighted by Crippen LogP contribution is -2.31. The second-order valence-electron chi connectivity index (χ2n) is 5.72. The van der Waals surface area contributed by atoms with Crippen LogP contribution in [0.4, 0.5) is 0 Å². The minimum atomic E-state index is 0.320. The summed E-state index contributed by atoms with van der Waals surface area (Å²) in [6.45, 7) is 5.51. The molecular weight excluding hydrogens is 250 g/mol. The molecule has 1 fully saturated rings. The average molecular weight is 277 g/mol. The number of aryl methyl sites for hydroxylation is 1. The van der Waals surface area contributed by atoms with Gasteiger partial charge in [0.05, 0.1) is 6.61 Å². The fourth-order valence-electron chi connectivity index (χ4n) is 3.01. The number of likely N-dealkylation sites (tertiary alicyclic amines) is 1. The molecule has 1 aromatic carbocycles. The molecule has 3 nitrogen and oxygen atoms in total. The summed E-state index contributed by atoms with van der Waals surface area (Å²) < 4.78 is 5.80. The molecule has 1 heterocycles. The Morgan fingerprint density at radius 2 is 2.25 bits per heavy atom. The van der Waals surface area contributed by atoms with E-state index in [1.165, 1.54) is 24.9 Å². The van der Waals surface area contributed by atoms with Crippen molar-refractivity contribution in [1.29, 1.82) is 0 Å². The van der Waals surface area contributed by atoms with Crippen LogP contribution in [-0.2, 0) is 0 Å². The Bertz CT molecular complexity index is 394. The second-order valence-corrected chi connectivity index (χ2v) is 5.72. The summed E-state index contributed by atoms with van der Waals surface area (Å²) in [7, 11) is 0. The van der Waals surface area contributed by atoms with Crippen LogP contribution >= 0.6 is 0 Å². The van der Waals surface area contributed by atoms with Gasteiger partial charge in [0, 0.05) is 19.2 Å². The Labute approximate surface area is 122 Å². The van der Waals surface area contributed by atoms with E-state index in [2.05, 4.69) is 24.0 Å². The molecule has 0 bridgehead atoms. The Hall–Kier alpha value is -1.06. The van der Waals surface area contributed by atoms with Gasteiger partial charge in [-0.15, -0.1) is 0 Å². The van der Waals surface area contributed by atoms with Crippen molar-refractivity contribution in [2.75, 3.05) is 26.3 Å². The van der Waals surface area contributed by atoms with Gasteiger partial charge in [0.2, 0.25) is 0 Å². The zero-order valence-electron chi connectivity index (χ0n) is 12.6. The number of benzene rings is 1. The molecule has 2 rings (SSSR count). The second kappa shape index (κ2) is 8.28. The van der Waals surface area contributed by atoms with Crippen LogP contribution in [0.25, 0.3) is 0 Å². The van der Waals surface area contributed by atoms with Crippen LogP contribution < -0.4 is 4.74 Å². The molecular formula is C17H27NO2. The lowest BCUT2D eigenvalue weighted by molar-refractivity contribution is 0.199. The van der Waals surface area contributed by atoms with Crippen LogP contribution in [0.2, 0.25) is 0 Å².